The molecule has 1 saturated heterocycles. The number of hydrogen-bond acceptors (Lipinski definition) is 3. The molecule has 1 unspecified atom stereocenters. The SMILES string of the molecule is Cc1cncc(C)c1N1CCC(N)C1. The molecule has 0 amide bonds. The first-order valence-corrected chi connectivity index (χ1v) is 5.10. The Bertz CT molecular complexity index is 315. The maximum Gasteiger partial charge on any atom is 0.0457 e. The first kappa shape index (κ1) is 9.46. The van der Waals surface area contributed by atoms with E-state index in [1.807, 2.05) is 12.4 Å². The van der Waals surface area contributed by atoms with E-state index >= 15 is 0 Å². The zero-order valence-electron chi connectivity index (χ0n) is 8.83. The number of pyridine rings is 1. The minimum Gasteiger partial charge on any atom is -0.369 e. The van der Waals surface area contributed by atoms with Crippen LogP contribution in [-0.2, 0) is 0 Å². The van der Waals surface area contributed by atoms with Crippen molar-refractivity contribution in [3.8, 4) is 0 Å². The normalized spacial score (nSPS) is 21.6. The van der Waals surface area contributed by atoms with E-state index in [0.717, 1.165) is 19.5 Å². The van der Waals surface area contributed by atoms with Crippen molar-refractivity contribution < 1.29 is 0 Å². The topological polar surface area (TPSA) is 42.2 Å². The number of hydrogen-bond donors (Lipinski definition) is 1. The summed E-state index contributed by atoms with van der Waals surface area (Å²) in [7, 11) is 0. The Morgan fingerprint density at radius 3 is 2.50 bits per heavy atom. The van der Waals surface area contributed by atoms with Crippen LogP contribution in [0, 0.1) is 13.8 Å². The van der Waals surface area contributed by atoms with Gasteiger partial charge in [-0.15, -0.1) is 0 Å². The molecule has 1 aromatic rings. The van der Waals surface area contributed by atoms with Crippen LogP contribution in [0.25, 0.3) is 0 Å². The van der Waals surface area contributed by atoms with Crippen LogP contribution in [0.1, 0.15) is 17.5 Å². The van der Waals surface area contributed by atoms with Crippen molar-refractivity contribution in [2.24, 2.45) is 5.73 Å². The Labute approximate surface area is 84.9 Å². The smallest absolute Gasteiger partial charge is 0.0457 e. The van der Waals surface area contributed by atoms with E-state index in [1.54, 1.807) is 0 Å². The lowest BCUT2D eigenvalue weighted by molar-refractivity contribution is 0.752. The molecule has 3 heteroatoms. The van der Waals surface area contributed by atoms with Gasteiger partial charge in [-0.05, 0) is 31.4 Å². The van der Waals surface area contributed by atoms with Gasteiger partial charge in [0.2, 0.25) is 0 Å². The van der Waals surface area contributed by atoms with Gasteiger partial charge in [0.15, 0.2) is 0 Å². The molecule has 0 bridgehead atoms. The summed E-state index contributed by atoms with van der Waals surface area (Å²) in [5.74, 6) is 0. The third kappa shape index (κ3) is 1.60. The van der Waals surface area contributed by atoms with E-state index in [1.165, 1.54) is 16.8 Å². The first-order valence-electron chi connectivity index (χ1n) is 5.10. The van der Waals surface area contributed by atoms with Gasteiger partial charge >= 0.3 is 0 Å². The molecular weight excluding hydrogens is 174 g/mol. The molecule has 3 nitrogen and oxygen atoms in total. The minimum atomic E-state index is 0.335. The fourth-order valence-corrected chi connectivity index (χ4v) is 2.18. The fraction of sp³-hybridized carbons (Fsp3) is 0.545. The second-order valence-electron chi connectivity index (χ2n) is 4.12. The highest BCUT2D eigenvalue weighted by Crippen LogP contribution is 2.26. The Morgan fingerprint density at radius 2 is 2.00 bits per heavy atom. The standard InChI is InChI=1S/C11H17N3/c1-8-5-13-6-9(2)11(8)14-4-3-10(12)7-14/h5-6,10H,3-4,7,12H2,1-2H3. The summed E-state index contributed by atoms with van der Waals surface area (Å²) in [6.45, 7) is 6.27. The van der Waals surface area contributed by atoms with Crippen molar-refractivity contribution in [1.29, 1.82) is 0 Å². The molecular formula is C11H17N3. The molecule has 0 radical (unpaired) electrons. The zero-order chi connectivity index (χ0) is 10.1. The molecule has 2 heterocycles. The summed E-state index contributed by atoms with van der Waals surface area (Å²) in [5.41, 5.74) is 9.73. The number of aromatic nitrogens is 1. The first-order chi connectivity index (χ1) is 6.68. The van der Waals surface area contributed by atoms with Gasteiger partial charge in [-0.1, -0.05) is 0 Å². The predicted octanol–water partition coefficient (Wildman–Crippen LogP) is 1.24. The van der Waals surface area contributed by atoms with Crippen LogP contribution in [0.15, 0.2) is 12.4 Å². The molecule has 2 rings (SSSR count). The van der Waals surface area contributed by atoms with Crippen molar-refractivity contribution in [3.63, 3.8) is 0 Å². The number of anilines is 1. The quantitative estimate of drug-likeness (QED) is 0.726. The second kappa shape index (κ2) is 3.58. The van der Waals surface area contributed by atoms with E-state index < -0.39 is 0 Å². The summed E-state index contributed by atoms with van der Waals surface area (Å²) in [6, 6.07) is 0.335. The second-order valence-corrected chi connectivity index (χ2v) is 4.12. The average molecular weight is 191 g/mol. The van der Waals surface area contributed by atoms with Gasteiger partial charge in [0.1, 0.15) is 0 Å². The molecule has 76 valence electrons. The summed E-state index contributed by atoms with van der Waals surface area (Å²) in [6.07, 6.45) is 4.94. The highest BCUT2D eigenvalue weighted by molar-refractivity contribution is 5.58. The molecule has 2 N–H and O–H groups in total. The largest absolute Gasteiger partial charge is 0.369 e. The van der Waals surface area contributed by atoms with Crippen LogP contribution in [0.5, 0.6) is 0 Å². The molecule has 1 atom stereocenters. The van der Waals surface area contributed by atoms with E-state index in [2.05, 4.69) is 23.7 Å². The van der Waals surface area contributed by atoms with Crippen LogP contribution >= 0.6 is 0 Å². The van der Waals surface area contributed by atoms with Gasteiger partial charge < -0.3 is 10.6 Å². The monoisotopic (exact) mass is 191 g/mol. The number of aryl methyl sites for hydroxylation is 2. The molecule has 1 fully saturated rings. The lowest BCUT2D eigenvalue weighted by Crippen LogP contribution is -2.27. The molecule has 0 aliphatic carbocycles. The average Bonchev–Trinajstić information content (AvgIpc) is 2.51. The molecule has 14 heavy (non-hydrogen) atoms. The van der Waals surface area contributed by atoms with Crippen molar-refractivity contribution in [3.05, 3.63) is 23.5 Å². The molecule has 0 aromatic carbocycles. The lowest BCUT2D eigenvalue weighted by atomic mass is 10.1. The molecule has 1 aliphatic heterocycles. The van der Waals surface area contributed by atoms with Gasteiger partial charge in [0, 0.05) is 37.2 Å². The Morgan fingerprint density at radius 1 is 1.36 bits per heavy atom. The maximum atomic E-state index is 5.91. The number of rotatable bonds is 1. The summed E-state index contributed by atoms with van der Waals surface area (Å²) in [4.78, 5) is 6.55. The van der Waals surface area contributed by atoms with Crippen molar-refractivity contribution in [2.45, 2.75) is 26.3 Å². The van der Waals surface area contributed by atoms with Crippen LogP contribution in [0.4, 0.5) is 5.69 Å². The summed E-state index contributed by atoms with van der Waals surface area (Å²) >= 11 is 0. The van der Waals surface area contributed by atoms with Gasteiger partial charge in [0.05, 0.1) is 0 Å². The fourth-order valence-electron chi connectivity index (χ4n) is 2.18. The lowest BCUT2D eigenvalue weighted by Gasteiger charge is -2.22. The van der Waals surface area contributed by atoms with Crippen LogP contribution in [0.2, 0.25) is 0 Å². The highest BCUT2D eigenvalue weighted by Gasteiger charge is 2.21. The van der Waals surface area contributed by atoms with Crippen molar-refractivity contribution in [2.75, 3.05) is 18.0 Å². The Balaban J connectivity index is 2.31. The van der Waals surface area contributed by atoms with Crippen LogP contribution in [0.3, 0.4) is 0 Å². The highest BCUT2D eigenvalue weighted by atomic mass is 15.2. The summed E-state index contributed by atoms with van der Waals surface area (Å²) in [5, 5.41) is 0. The molecule has 0 spiro atoms. The third-order valence-electron chi connectivity index (χ3n) is 2.82. The molecule has 0 saturated carbocycles. The van der Waals surface area contributed by atoms with E-state index in [0.29, 0.717) is 6.04 Å². The van der Waals surface area contributed by atoms with Crippen molar-refractivity contribution in [1.82, 2.24) is 4.98 Å². The minimum absolute atomic E-state index is 0.335. The molecule has 1 aliphatic rings. The maximum absolute atomic E-state index is 5.91. The zero-order valence-corrected chi connectivity index (χ0v) is 8.83. The van der Waals surface area contributed by atoms with Gasteiger partial charge in [-0.2, -0.15) is 0 Å². The van der Waals surface area contributed by atoms with Gasteiger partial charge in [0.25, 0.3) is 0 Å². The Hall–Kier alpha value is -1.09. The summed E-state index contributed by atoms with van der Waals surface area (Å²) < 4.78 is 0. The number of nitrogens with two attached hydrogens (primary N) is 1. The predicted molar refractivity (Wildman–Crippen MR) is 58.5 cm³/mol. The third-order valence-corrected chi connectivity index (χ3v) is 2.82. The van der Waals surface area contributed by atoms with Gasteiger partial charge in [-0.25, -0.2) is 0 Å². The van der Waals surface area contributed by atoms with Crippen LogP contribution < -0.4 is 10.6 Å². The van der Waals surface area contributed by atoms with E-state index in [9.17, 15) is 0 Å². The molecule has 1 aromatic heterocycles. The van der Waals surface area contributed by atoms with Crippen molar-refractivity contribution >= 4 is 5.69 Å². The van der Waals surface area contributed by atoms with Crippen LogP contribution in [-0.4, -0.2) is 24.1 Å². The Kier molecular flexibility index (Phi) is 2.42. The van der Waals surface area contributed by atoms with E-state index in [-0.39, 0.29) is 0 Å². The number of nitrogens with zero attached hydrogens (tertiary/aromatic N) is 2. The van der Waals surface area contributed by atoms with Gasteiger partial charge in [-0.3, -0.25) is 4.98 Å². The van der Waals surface area contributed by atoms with E-state index in [4.69, 9.17) is 5.73 Å².